The fraction of sp³-hybridized carbons (Fsp3) is 0.333. The largest absolute Gasteiger partial charge is 0.394 e. The minimum Gasteiger partial charge on any atom is -0.394 e. The highest BCUT2D eigenvalue weighted by Gasteiger charge is 2.43. The van der Waals surface area contributed by atoms with Crippen LogP contribution in [0.25, 0.3) is 22.4 Å². The van der Waals surface area contributed by atoms with Gasteiger partial charge >= 0.3 is 0 Å². The third-order valence-corrected chi connectivity index (χ3v) is 5.35. The first-order valence-corrected chi connectivity index (χ1v) is 9.55. The average molecular weight is 413 g/mol. The summed E-state index contributed by atoms with van der Waals surface area (Å²) in [6.45, 7) is -0.488. The molecule has 30 heavy (non-hydrogen) atoms. The van der Waals surface area contributed by atoms with Crippen LogP contribution in [0.5, 0.6) is 0 Å². The van der Waals surface area contributed by atoms with Crippen LogP contribution in [0.1, 0.15) is 22.0 Å². The van der Waals surface area contributed by atoms with Gasteiger partial charge in [0.2, 0.25) is 0 Å². The van der Waals surface area contributed by atoms with Gasteiger partial charge in [0.05, 0.1) is 17.6 Å². The number of aromatic amines is 1. The molecule has 4 rings (SSSR count). The fourth-order valence-corrected chi connectivity index (χ4v) is 3.67. The average Bonchev–Trinajstić information content (AvgIpc) is 3.21. The van der Waals surface area contributed by atoms with Gasteiger partial charge in [0.1, 0.15) is 36.3 Å². The van der Waals surface area contributed by atoms with Gasteiger partial charge in [-0.2, -0.15) is 0 Å². The van der Waals surface area contributed by atoms with E-state index in [1.807, 2.05) is 6.07 Å². The first kappa shape index (κ1) is 20.5. The first-order valence-electron chi connectivity index (χ1n) is 9.55. The normalized spacial score (nSPS) is 26.6. The number of hydrogen-bond donors (Lipinski definition) is 6. The molecule has 6 N–H and O–H groups in total. The molecule has 0 bridgehead atoms. The molecule has 1 saturated heterocycles. The molecular weight excluding hydrogens is 390 g/mol. The van der Waals surface area contributed by atoms with Gasteiger partial charge in [-0.05, 0) is 29.8 Å². The molecular formula is C21H23N3O6. The Hall–Kier alpha value is -2.82. The molecule has 0 spiro atoms. The number of nitrogens with zero attached hydrogens (tertiary/aromatic N) is 1. The van der Waals surface area contributed by atoms with Crippen LogP contribution >= 0.6 is 0 Å². The van der Waals surface area contributed by atoms with Gasteiger partial charge in [-0.1, -0.05) is 18.2 Å². The van der Waals surface area contributed by atoms with E-state index in [2.05, 4.69) is 15.3 Å². The molecule has 158 valence electrons. The predicted octanol–water partition coefficient (Wildman–Crippen LogP) is 0.104. The van der Waals surface area contributed by atoms with E-state index in [0.717, 1.165) is 0 Å². The molecule has 1 fully saturated rings. The number of aromatic nitrogens is 2. The smallest absolute Gasteiger partial charge is 0.251 e. The van der Waals surface area contributed by atoms with Gasteiger partial charge < -0.3 is 35.5 Å². The highest BCUT2D eigenvalue weighted by molar-refractivity contribution is 5.97. The lowest BCUT2D eigenvalue weighted by Crippen LogP contribution is -2.55. The quantitative estimate of drug-likeness (QED) is 0.355. The molecule has 1 aliphatic rings. The van der Waals surface area contributed by atoms with Gasteiger partial charge in [0.15, 0.2) is 0 Å². The summed E-state index contributed by atoms with van der Waals surface area (Å²) in [6, 6.07) is 12.2. The van der Waals surface area contributed by atoms with Gasteiger partial charge in [-0.3, -0.25) is 4.79 Å². The fourth-order valence-electron chi connectivity index (χ4n) is 3.67. The Morgan fingerprint density at radius 3 is 2.67 bits per heavy atom. The predicted molar refractivity (Wildman–Crippen MR) is 108 cm³/mol. The minimum absolute atomic E-state index is 0.197. The van der Waals surface area contributed by atoms with Crippen molar-refractivity contribution >= 4 is 16.9 Å². The Bertz CT molecular complexity index is 1070. The Balaban J connectivity index is 1.67. The summed E-state index contributed by atoms with van der Waals surface area (Å²) in [7, 11) is 1.56. The van der Waals surface area contributed by atoms with E-state index < -0.39 is 37.1 Å². The zero-order valence-electron chi connectivity index (χ0n) is 16.2. The maximum Gasteiger partial charge on any atom is 0.251 e. The number of aliphatic hydroxyl groups excluding tert-OH is 4. The van der Waals surface area contributed by atoms with Gasteiger partial charge in [-0.25, -0.2) is 4.98 Å². The lowest BCUT2D eigenvalue weighted by atomic mass is 9.90. The number of hydrogen-bond acceptors (Lipinski definition) is 7. The molecule has 3 aromatic rings. The summed E-state index contributed by atoms with van der Waals surface area (Å²) in [6.07, 6.45) is -6.12. The molecule has 9 nitrogen and oxygen atoms in total. The number of carbonyl (C=O) groups excluding carboxylic acids is 1. The van der Waals surface area contributed by atoms with Crippen molar-refractivity contribution in [3.8, 4) is 11.4 Å². The van der Waals surface area contributed by atoms with Crippen molar-refractivity contribution in [2.24, 2.45) is 0 Å². The van der Waals surface area contributed by atoms with Crippen LogP contribution in [0.3, 0.4) is 0 Å². The van der Waals surface area contributed by atoms with Crippen molar-refractivity contribution in [2.45, 2.75) is 30.5 Å². The van der Waals surface area contributed by atoms with Gasteiger partial charge in [0, 0.05) is 18.2 Å². The maximum absolute atomic E-state index is 11.8. The van der Waals surface area contributed by atoms with Crippen molar-refractivity contribution in [3.63, 3.8) is 0 Å². The Morgan fingerprint density at radius 2 is 1.93 bits per heavy atom. The lowest BCUT2D eigenvalue weighted by Gasteiger charge is -2.40. The summed E-state index contributed by atoms with van der Waals surface area (Å²) < 4.78 is 5.64. The van der Waals surface area contributed by atoms with Crippen LogP contribution in [-0.2, 0) is 4.74 Å². The number of ether oxygens (including phenoxy) is 1. The Morgan fingerprint density at radius 1 is 1.13 bits per heavy atom. The Kier molecular flexibility index (Phi) is 5.54. The van der Waals surface area contributed by atoms with E-state index in [1.165, 1.54) is 0 Å². The standard InChI is InChI=1S/C21H23N3O6/c1-22-21(29)12-5-6-13-14(8-12)24-20(23-13)11-4-2-3-10(7-11)19-18(28)17(27)16(26)15(9-25)30-19/h2-8,15-19,25-28H,9H2,1H3,(H,22,29)(H,23,24)/t15?,16-,17?,18?,19-/m1/s1. The van der Waals surface area contributed by atoms with E-state index in [4.69, 9.17) is 4.74 Å². The SMILES string of the molecule is CNC(=O)c1ccc2nc(-c3cccc([C@H]4OC(CO)[C@@H](O)C(O)C4O)c3)[nH]c2c1. The minimum atomic E-state index is -1.45. The van der Waals surface area contributed by atoms with Crippen molar-refractivity contribution < 1.29 is 30.0 Å². The third-order valence-electron chi connectivity index (χ3n) is 5.35. The molecule has 1 aromatic heterocycles. The number of benzene rings is 2. The molecule has 9 heteroatoms. The molecule has 2 heterocycles. The lowest BCUT2D eigenvalue weighted by molar-refractivity contribution is -0.231. The third kappa shape index (κ3) is 3.57. The topological polar surface area (TPSA) is 148 Å². The molecule has 3 unspecified atom stereocenters. The van der Waals surface area contributed by atoms with Crippen molar-refractivity contribution in [1.82, 2.24) is 15.3 Å². The number of carbonyl (C=O) groups is 1. The van der Waals surface area contributed by atoms with Crippen LogP contribution < -0.4 is 5.32 Å². The number of nitrogens with one attached hydrogen (secondary N) is 2. The second-order valence-electron chi connectivity index (χ2n) is 7.27. The highest BCUT2D eigenvalue weighted by atomic mass is 16.5. The van der Waals surface area contributed by atoms with Crippen LogP contribution in [0.4, 0.5) is 0 Å². The summed E-state index contributed by atoms with van der Waals surface area (Å²) in [5.74, 6) is 0.364. The van der Waals surface area contributed by atoms with E-state index in [0.29, 0.717) is 33.5 Å². The monoisotopic (exact) mass is 413 g/mol. The summed E-state index contributed by atoms with van der Waals surface area (Å²) in [4.78, 5) is 19.6. The zero-order valence-corrected chi connectivity index (χ0v) is 16.2. The zero-order chi connectivity index (χ0) is 21.4. The second kappa shape index (κ2) is 8.13. The van der Waals surface area contributed by atoms with Crippen LogP contribution in [0.15, 0.2) is 42.5 Å². The highest BCUT2D eigenvalue weighted by Crippen LogP contribution is 2.34. The van der Waals surface area contributed by atoms with Crippen LogP contribution in [0, 0.1) is 0 Å². The molecule has 0 saturated carbocycles. The summed E-state index contributed by atoms with van der Waals surface area (Å²) >= 11 is 0. The molecule has 5 atom stereocenters. The maximum atomic E-state index is 11.8. The Labute approximate surface area is 172 Å². The molecule has 1 aliphatic heterocycles. The summed E-state index contributed by atoms with van der Waals surface area (Å²) in [5.41, 5.74) is 3.17. The van der Waals surface area contributed by atoms with Crippen LogP contribution in [-0.4, -0.2) is 74.4 Å². The molecule has 1 amide bonds. The second-order valence-corrected chi connectivity index (χ2v) is 7.27. The van der Waals surface area contributed by atoms with E-state index in [-0.39, 0.29) is 5.91 Å². The molecule has 2 aromatic carbocycles. The number of imidazole rings is 1. The van der Waals surface area contributed by atoms with Gasteiger partial charge in [0.25, 0.3) is 5.91 Å². The van der Waals surface area contributed by atoms with Crippen molar-refractivity contribution in [1.29, 1.82) is 0 Å². The molecule has 0 radical (unpaired) electrons. The van der Waals surface area contributed by atoms with Crippen LogP contribution in [0.2, 0.25) is 0 Å². The van der Waals surface area contributed by atoms with Crippen molar-refractivity contribution in [2.75, 3.05) is 13.7 Å². The van der Waals surface area contributed by atoms with Gasteiger partial charge in [-0.15, -0.1) is 0 Å². The molecule has 0 aliphatic carbocycles. The number of rotatable bonds is 4. The van der Waals surface area contributed by atoms with E-state index in [9.17, 15) is 25.2 Å². The number of aliphatic hydroxyl groups is 4. The van der Waals surface area contributed by atoms with Crippen molar-refractivity contribution in [3.05, 3.63) is 53.6 Å². The van der Waals surface area contributed by atoms with E-state index >= 15 is 0 Å². The summed E-state index contributed by atoms with van der Waals surface area (Å²) in [5, 5.41) is 42.4. The number of amides is 1. The number of H-pyrrole nitrogens is 1. The van der Waals surface area contributed by atoms with E-state index in [1.54, 1.807) is 43.4 Å². The first-order chi connectivity index (χ1) is 14.4. The number of fused-ring (bicyclic) bond motifs is 1.